The van der Waals surface area contributed by atoms with Gasteiger partial charge in [0.2, 0.25) is 0 Å². The molecule has 2 heterocycles. The van der Waals surface area contributed by atoms with Crippen LogP contribution in [0.4, 0.5) is 10.5 Å². The molecule has 0 radical (unpaired) electrons. The first-order chi connectivity index (χ1) is 11.2. The lowest BCUT2D eigenvalue weighted by Crippen LogP contribution is -2.42. The summed E-state index contributed by atoms with van der Waals surface area (Å²) in [5.41, 5.74) is 1.90. The zero-order chi connectivity index (χ0) is 16.1. The highest BCUT2D eigenvalue weighted by Crippen LogP contribution is 2.15. The zero-order valence-electron chi connectivity index (χ0n) is 13.3. The average Bonchev–Trinajstić information content (AvgIpc) is 3.02. The number of nitrogens with one attached hydrogen (secondary N) is 1. The van der Waals surface area contributed by atoms with Crippen molar-refractivity contribution >= 4 is 11.7 Å². The van der Waals surface area contributed by atoms with Crippen molar-refractivity contribution < 1.29 is 9.53 Å². The van der Waals surface area contributed by atoms with Gasteiger partial charge in [-0.2, -0.15) is 5.10 Å². The predicted octanol–water partition coefficient (Wildman–Crippen LogP) is 2.57. The fourth-order valence-electron chi connectivity index (χ4n) is 2.78. The van der Waals surface area contributed by atoms with Crippen molar-refractivity contribution in [3.8, 4) is 0 Å². The fraction of sp³-hybridized carbons (Fsp3) is 0.412. The van der Waals surface area contributed by atoms with Crippen LogP contribution in [0.25, 0.3) is 0 Å². The smallest absolute Gasteiger partial charge is 0.321 e. The SMILES string of the molecule is COC1CCN(C(=O)Nc2cnn(Cc3ccccc3)c2)CC1. The maximum atomic E-state index is 12.3. The number of amides is 2. The molecule has 1 saturated heterocycles. The molecule has 1 fully saturated rings. The van der Waals surface area contributed by atoms with E-state index in [9.17, 15) is 4.79 Å². The third-order valence-electron chi connectivity index (χ3n) is 4.13. The van der Waals surface area contributed by atoms with Gasteiger partial charge in [0.25, 0.3) is 0 Å². The van der Waals surface area contributed by atoms with E-state index in [1.54, 1.807) is 13.3 Å². The van der Waals surface area contributed by atoms with Gasteiger partial charge < -0.3 is 15.0 Å². The second kappa shape index (κ2) is 7.28. The number of benzene rings is 1. The molecule has 23 heavy (non-hydrogen) atoms. The van der Waals surface area contributed by atoms with Gasteiger partial charge in [-0.05, 0) is 18.4 Å². The molecule has 0 spiro atoms. The fourth-order valence-corrected chi connectivity index (χ4v) is 2.78. The van der Waals surface area contributed by atoms with E-state index in [4.69, 9.17) is 4.74 Å². The van der Waals surface area contributed by atoms with E-state index < -0.39 is 0 Å². The number of rotatable bonds is 4. The minimum absolute atomic E-state index is 0.0705. The van der Waals surface area contributed by atoms with Crippen LogP contribution in [0.3, 0.4) is 0 Å². The molecule has 0 saturated carbocycles. The van der Waals surface area contributed by atoms with E-state index in [-0.39, 0.29) is 12.1 Å². The Bertz CT molecular complexity index is 633. The summed E-state index contributed by atoms with van der Waals surface area (Å²) in [7, 11) is 1.72. The van der Waals surface area contributed by atoms with E-state index >= 15 is 0 Å². The highest BCUT2D eigenvalue weighted by molar-refractivity contribution is 5.89. The third-order valence-corrected chi connectivity index (χ3v) is 4.13. The largest absolute Gasteiger partial charge is 0.381 e. The lowest BCUT2D eigenvalue weighted by Gasteiger charge is -2.31. The first-order valence-electron chi connectivity index (χ1n) is 7.89. The molecule has 1 N–H and O–H groups in total. The molecule has 1 aromatic carbocycles. The minimum atomic E-state index is -0.0705. The van der Waals surface area contributed by atoms with Crippen molar-refractivity contribution in [2.75, 3.05) is 25.5 Å². The summed E-state index contributed by atoms with van der Waals surface area (Å²) in [6.45, 7) is 2.14. The first-order valence-corrected chi connectivity index (χ1v) is 7.89. The first kappa shape index (κ1) is 15.6. The Labute approximate surface area is 136 Å². The van der Waals surface area contributed by atoms with Gasteiger partial charge in [-0.25, -0.2) is 4.79 Å². The predicted molar refractivity (Wildman–Crippen MR) is 88.4 cm³/mol. The van der Waals surface area contributed by atoms with Gasteiger partial charge >= 0.3 is 6.03 Å². The van der Waals surface area contributed by atoms with Crippen LogP contribution in [0.2, 0.25) is 0 Å². The van der Waals surface area contributed by atoms with Crippen molar-refractivity contribution in [3.05, 3.63) is 48.3 Å². The topological polar surface area (TPSA) is 59.4 Å². The van der Waals surface area contributed by atoms with Crippen LogP contribution in [0.1, 0.15) is 18.4 Å². The highest BCUT2D eigenvalue weighted by atomic mass is 16.5. The third kappa shape index (κ3) is 4.10. The van der Waals surface area contributed by atoms with Crippen molar-refractivity contribution in [2.45, 2.75) is 25.5 Å². The van der Waals surface area contributed by atoms with Crippen molar-refractivity contribution in [1.82, 2.24) is 14.7 Å². The maximum Gasteiger partial charge on any atom is 0.321 e. The van der Waals surface area contributed by atoms with E-state index in [2.05, 4.69) is 22.5 Å². The molecule has 6 nitrogen and oxygen atoms in total. The molecule has 1 aliphatic heterocycles. The molecule has 0 bridgehead atoms. The summed E-state index contributed by atoms with van der Waals surface area (Å²) in [5.74, 6) is 0. The summed E-state index contributed by atoms with van der Waals surface area (Å²) >= 11 is 0. The van der Waals surface area contributed by atoms with Crippen molar-refractivity contribution in [2.24, 2.45) is 0 Å². The zero-order valence-corrected chi connectivity index (χ0v) is 13.3. The number of nitrogens with zero attached hydrogens (tertiary/aromatic N) is 3. The number of hydrogen-bond donors (Lipinski definition) is 1. The van der Waals surface area contributed by atoms with Gasteiger partial charge in [0, 0.05) is 26.4 Å². The van der Waals surface area contributed by atoms with Crippen molar-refractivity contribution in [3.63, 3.8) is 0 Å². The monoisotopic (exact) mass is 314 g/mol. The Hall–Kier alpha value is -2.34. The van der Waals surface area contributed by atoms with E-state index in [0.29, 0.717) is 6.54 Å². The Kier molecular flexibility index (Phi) is 4.92. The lowest BCUT2D eigenvalue weighted by molar-refractivity contribution is 0.0521. The number of carbonyl (C=O) groups is 1. The van der Waals surface area contributed by atoms with Gasteiger partial charge in [-0.3, -0.25) is 4.68 Å². The summed E-state index contributed by atoms with van der Waals surface area (Å²) in [4.78, 5) is 14.1. The summed E-state index contributed by atoms with van der Waals surface area (Å²) < 4.78 is 7.15. The van der Waals surface area contributed by atoms with Crippen LogP contribution in [-0.4, -0.2) is 47.0 Å². The Morgan fingerprint density at radius 3 is 2.74 bits per heavy atom. The minimum Gasteiger partial charge on any atom is -0.381 e. The molecule has 6 heteroatoms. The second-order valence-electron chi connectivity index (χ2n) is 5.76. The molecular formula is C17H22N4O2. The van der Waals surface area contributed by atoms with E-state index in [1.807, 2.05) is 34.0 Å². The van der Waals surface area contributed by atoms with E-state index in [0.717, 1.165) is 31.6 Å². The molecule has 1 aliphatic rings. The number of carbonyl (C=O) groups excluding carboxylic acids is 1. The molecular weight excluding hydrogens is 292 g/mol. The number of likely N-dealkylation sites (tertiary alicyclic amines) is 1. The molecule has 122 valence electrons. The number of aromatic nitrogens is 2. The highest BCUT2D eigenvalue weighted by Gasteiger charge is 2.22. The number of urea groups is 1. The molecule has 1 aromatic heterocycles. The number of ether oxygens (including phenoxy) is 1. The molecule has 0 atom stereocenters. The normalized spacial score (nSPS) is 15.6. The van der Waals surface area contributed by atoms with Crippen molar-refractivity contribution in [1.29, 1.82) is 0 Å². The summed E-state index contributed by atoms with van der Waals surface area (Å²) in [6, 6.07) is 10.0. The summed E-state index contributed by atoms with van der Waals surface area (Å²) in [6.07, 6.45) is 5.58. The van der Waals surface area contributed by atoms with Crippen LogP contribution < -0.4 is 5.32 Å². The molecule has 0 aliphatic carbocycles. The van der Waals surface area contributed by atoms with Gasteiger partial charge in [0.1, 0.15) is 0 Å². The Morgan fingerprint density at radius 2 is 2.04 bits per heavy atom. The number of anilines is 1. The van der Waals surface area contributed by atoms with Crippen LogP contribution in [0.5, 0.6) is 0 Å². The maximum absolute atomic E-state index is 12.3. The Morgan fingerprint density at radius 1 is 1.30 bits per heavy atom. The standard InChI is InChI=1S/C17H22N4O2/c1-23-16-7-9-20(10-8-16)17(22)19-15-11-18-21(13-15)12-14-5-3-2-4-6-14/h2-6,11,13,16H,7-10,12H2,1H3,(H,19,22). The number of methoxy groups -OCH3 is 1. The number of hydrogen-bond acceptors (Lipinski definition) is 3. The van der Waals surface area contributed by atoms with Crippen LogP contribution in [-0.2, 0) is 11.3 Å². The quantitative estimate of drug-likeness (QED) is 0.943. The van der Waals surface area contributed by atoms with Gasteiger partial charge in [-0.1, -0.05) is 30.3 Å². The average molecular weight is 314 g/mol. The molecule has 2 amide bonds. The Balaban J connectivity index is 1.53. The second-order valence-corrected chi connectivity index (χ2v) is 5.76. The number of piperidine rings is 1. The van der Waals surface area contributed by atoms with Gasteiger partial charge in [-0.15, -0.1) is 0 Å². The molecule has 0 unspecified atom stereocenters. The van der Waals surface area contributed by atoms with Crippen LogP contribution in [0, 0.1) is 0 Å². The molecule has 2 aromatic rings. The van der Waals surface area contributed by atoms with Crippen LogP contribution in [0.15, 0.2) is 42.7 Å². The van der Waals surface area contributed by atoms with Crippen LogP contribution >= 0.6 is 0 Å². The molecule has 3 rings (SSSR count). The van der Waals surface area contributed by atoms with Gasteiger partial charge in [0.05, 0.1) is 24.5 Å². The lowest BCUT2D eigenvalue weighted by atomic mass is 10.1. The van der Waals surface area contributed by atoms with E-state index in [1.165, 1.54) is 5.56 Å². The summed E-state index contributed by atoms with van der Waals surface area (Å²) in [5, 5.41) is 7.21. The van der Waals surface area contributed by atoms with Gasteiger partial charge in [0.15, 0.2) is 0 Å².